The zero-order valence-electron chi connectivity index (χ0n) is 58.1. The highest BCUT2D eigenvalue weighted by atomic mass is 15.1. The predicted molar refractivity (Wildman–Crippen MR) is 420 cm³/mol. The Balaban J connectivity index is 0.837. The number of aryl methyl sites for hydroxylation is 5. The molecular formula is C97H88N2. The summed E-state index contributed by atoms with van der Waals surface area (Å²) in [6.45, 7) is 11.0. The summed E-state index contributed by atoms with van der Waals surface area (Å²) >= 11 is 0. The van der Waals surface area contributed by atoms with Gasteiger partial charge in [-0.1, -0.05) is 216 Å². The Labute approximate surface area is 585 Å². The highest BCUT2D eigenvalue weighted by Gasteiger charge is 2.51. The molecule has 0 saturated heterocycles. The van der Waals surface area contributed by atoms with Crippen LogP contribution in [0.4, 0.5) is 34.1 Å². The van der Waals surface area contributed by atoms with Gasteiger partial charge in [0.2, 0.25) is 0 Å². The maximum atomic E-state index is 2.68. The predicted octanol–water partition coefficient (Wildman–Crippen LogP) is 26.5. The van der Waals surface area contributed by atoms with Gasteiger partial charge in [0.15, 0.2) is 0 Å². The third-order valence-corrected chi connectivity index (χ3v) is 25.3. The maximum Gasteiger partial charge on any atom is 0.0540 e. The molecule has 8 bridgehead atoms. The van der Waals surface area contributed by atoms with E-state index in [-0.39, 0.29) is 0 Å². The second-order valence-corrected chi connectivity index (χ2v) is 31.7. The Kier molecular flexibility index (Phi) is 14.8. The Morgan fingerprint density at radius 3 is 0.869 bits per heavy atom. The van der Waals surface area contributed by atoms with E-state index in [1.165, 1.54) is 202 Å². The zero-order valence-corrected chi connectivity index (χ0v) is 58.1. The maximum absolute atomic E-state index is 2.68. The van der Waals surface area contributed by atoms with Gasteiger partial charge < -0.3 is 9.80 Å². The van der Waals surface area contributed by atoms with Gasteiger partial charge in [-0.15, -0.1) is 0 Å². The number of rotatable bonds is 14. The van der Waals surface area contributed by atoms with Crippen molar-refractivity contribution >= 4 is 101 Å². The standard InChI is InChI=1S/C97H88N2/c1-59-11-25-71(26-12-59)88(70-9-7-6-8-10-70)57-64-21-35-80(36-22-64)98(78-31-17-62(4)18-32-78)90-45-43-86-94-82(90)39-41-84(92-74-49-66-47-67(51-74)52-75(92)50-66)96(94)87-44-46-91(83-40-42-85(97(86)95(83)87)93-76-53-68-48-69(55-76)56-77(93)54-68)99(79-33-19-63(5)20-34-79)81-37-23-65(24-38-81)58-89(72-27-13-60(2)14-28-72)73-29-15-61(3)16-30-73/h6-46,57-58,66-69,74-77,92-93H,47-56H2,1-5H3/b88-57+. The third kappa shape index (κ3) is 10.6. The van der Waals surface area contributed by atoms with Crippen LogP contribution in [0.2, 0.25) is 0 Å². The molecular weight excluding hydrogens is 1190 g/mol. The molecule has 0 atom stereocenters. The van der Waals surface area contributed by atoms with E-state index in [9.17, 15) is 0 Å². The molecule has 13 aromatic rings. The molecule has 2 nitrogen and oxygen atoms in total. The normalized spacial score (nSPS) is 22.9. The Bertz CT molecular complexity index is 5160. The first-order valence-electron chi connectivity index (χ1n) is 37.4. The van der Waals surface area contributed by atoms with Crippen LogP contribution in [0.5, 0.6) is 0 Å². The summed E-state index contributed by atoms with van der Waals surface area (Å²) in [5.41, 5.74) is 26.4. The van der Waals surface area contributed by atoms with E-state index in [4.69, 9.17) is 0 Å². The topological polar surface area (TPSA) is 6.48 Å². The average Bonchev–Trinajstić information content (AvgIpc) is 0.687. The molecule has 0 aliphatic heterocycles. The number of fused-ring (bicyclic) bond motifs is 2. The molecule has 0 aromatic heterocycles. The smallest absolute Gasteiger partial charge is 0.0540 e. The van der Waals surface area contributed by atoms with E-state index in [0.717, 1.165) is 58.7 Å². The van der Waals surface area contributed by atoms with E-state index >= 15 is 0 Å². The monoisotopic (exact) mass is 1280 g/mol. The van der Waals surface area contributed by atoms with Crippen molar-refractivity contribution in [3.8, 4) is 0 Å². The van der Waals surface area contributed by atoms with Gasteiger partial charge in [-0.3, -0.25) is 0 Å². The van der Waals surface area contributed by atoms with Gasteiger partial charge in [-0.05, 0) is 319 Å². The van der Waals surface area contributed by atoms with E-state index in [2.05, 4.69) is 305 Å². The van der Waals surface area contributed by atoms with Gasteiger partial charge in [-0.25, -0.2) is 0 Å². The molecule has 21 rings (SSSR count). The van der Waals surface area contributed by atoms with Crippen molar-refractivity contribution in [1.29, 1.82) is 0 Å². The Morgan fingerprint density at radius 2 is 0.545 bits per heavy atom. The lowest BCUT2D eigenvalue weighted by molar-refractivity contribution is -0.00237. The third-order valence-electron chi connectivity index (χ3n) is 25.3. The molecule has 0 radical (unpaired) electrons. The van der Waals surface area contributed by atoms with Crippen molar-refractivity contribution in [2.24, 2.45) is 47.3 Å². The summed E-state index contributed by atoms with van der Waals surface area (Å²) in [5.74, 6) is 7.52. The first kappa shape index (κ1) is 60.4. The van der Waals surface area contributed by atoms with Gasteiger partial charge in [-0.2, -0.15) is 0 Å². The van der Waals surface area contributed by atoms with Crippen LogP contribution in [0, 0.1) is 82.0 Å². The first-order valence-corrected chi connectivity index (χ1v) is 37.4. The minimum Gasteiger partial charge on any atom is -0.310 e. The van der Waals surface area contributed by atoms with Crippen LogP contribution in [-0.4, -0.2) is 0 Å². The van der Waals surface area contributed by atoms with Crippen LogP contribution in [0.25, 0.3) is 66.4 Å². The molecule has 8 saturated carbocycles. The molecule has 8 aliphatic rings. The summed E-state index contributed by atoms with van der Waals surface area (Å²) in [6, 6.07) is 96.4. The largest absolute Gasteiger partial charge is 0.310 e. The number of nitrogens with zero attached hydrogens (tertiary/aromatic N) is 2. The second kappa shape index (κ2) is 24.3. The summed E-state index contributed by atoms with van der Waals surface area (Å²) in [7, 11) is 0. The first-order chi connectivity index (χ1) is 48.5. The molecule has 13 aromatic carbocycles. The van der Waals surface area contributed by atoms with Crippen molar-refractivity contribution < 1.29 is 0 Å². The summed E-state index contributed by atoms with van der Waals surface area (Å²) in [5, 5.41) is 11.5. The van der Waals surface area contributed by atoms with Crippen LogP contribution in [0.3, 0.4) is 0 Å². The fraction of sp³-hybridized carbons (Fsp3) is 0.258. The summed E-state index contributed by atoms with van der Waals surface area (Å²) in [4.78, 5) is 5.17. The van der Waals surface area contributed by atoms with Gasteiger partial charge in [0.25, 0.3) is 0 Å². The lowest BCUT2D eigenvalue weighted by atomic mass is 9.50. The lowest BCUT2D eigenvalue weighted by Gasteiger charge is -2.55. The molecule has 2 heteroatoms. The highest BCUT2D eigenvalue weighted by molar-refractivity contribution is 6.37. The minimum atomic E-state index is 0.543. The molecule has 0 unspecified atom stereocenters. The van der Waals surface area contributed by atoms with Crippen LogP contribution in [0.15, 0.2) is 249 Å². The van der Waals surface area contributed by atoms with E-state index in [1.54, 1.807) is 11.1 Å². The van der Waals surface area contributed by atoms with Crippen molar-refractivity contribution in [2.75, 3.05) is 9.80 Å². The minimum absolute atomic E-state index is 0.543. The summed E-state index contributed by atoms with van der Waals surface area (Å²) in [6.07, 6.45) is 18.7. The van der Waals surface area contributed by atoms with Gasteiger partial charge in [0.1, 0.15) is 0 Å². The SMILES string of the molecule is Cc1ccc(C(=Cc2ccc(N(c3ccc(C)cc3)c3ccc4c5c(C6C7CC8CC(C7)CC6C8)ccc6c(N(c7ccc(C)cc7)c7ccc(/C=C(\c8ccccc8)c8ccc(C)cc8)cc7)ccc(c7c(C8C9CC%10CC(C9)CC8C%10)ccc3c47)c65)cc2)c2ccc(C)cc2)cc1. The van der Waals surface area contributed by atoms with E-state index < -0.39 is 0 Å². The molecule has 8 aliphatic carbocycles. The van der Waals surface area contributed by atoms with Crippen LogP contribution in [0.1, 0.15) is 148 Å². The van der Waals surface area contributed by atoms with Crippen LogP contribution < -0.4 is 9.80 Å². The number of hydrogen-bond acceptors (Lipinski definition) is 2. The molecule has 486 valence electrons. The quantitative estimate of drug-likeness (QED) is 0.0608. The zero-order chi connectivity index (χ0) is 66.1. The Morgan fingerprint density at radius 1 is 0.263 bits per heavy atom. The van der Waals surface area contributed by atoms with Crippen molar-refractivity contribution in [3.63, 3.8) is 0 Å². The summed E-state index contributed by atoms with van der Waals surface area (Å²) < 4.78 is 0. The van der Waals surface area contributed by atoms with Gasteiger partial charge in [0.05, 0.1) is 11.4 Å². The number of benzene rings is 13. The van der Waals surface area contributed by atoms with Crippen LogP contribution in [-0.2, 0) is 0 Å². The van der Waals surface area contributed by atoms with E-state index in [0.29, 0.717) is 11.8 Å². The van der Waals surface area contributed by atoms with Crippen LogP contribution >= 0.6 is 0 Å². The van der Waals surface area contributed by atoms with Crippen molar-refractivity contribution in [3.05, 3.63) is 321 Å². The number of hydrogen-bond donors (Lipinski definition) is 0. The fourth-order valence-electron chi connectivity index (χ4n) is 21.2. The van der Waals surface area contributed by atoms with Crippen molar-refractivity contribution in [2.45, 2.75) is 111 Å². The molecule has 0 heterocycles. The second-order valence-electron chi connectivity index (χ2n) is 31.7. The van der Waals surface area contributed by atoms with Crippen molar-refractivity contribution in [1.82, 2.24) is 0 Å². The van der Waals surface area contributed by atoms with Gasteiger partial charge >= 0.3 is 0 Å². The molecule has 0 spiro atoms. The fourth-order valence-corrected chi connectivity index (χ4v) is 21.2. The van der Waals surface area contributed by atoms with Gasteiger partial charge in [0, 0.05) is 33.5 Å². The molecule has 0 N–H and O–H groups in total. The molecule has 0 amide bonds. The van der Waals surface area contributed by atoms with E-state index in [1.807, 2.05) is 0 Å². The Hall–Kier alpha value is -9.76. The average molecular weight is 1280 g/mol. The highest BCUT2D eigenvalue weighted by Crippen LogP contribution is 2.64. The number of anilines is 6. The molecule has 8 fully saturated rings. The lowest BCUT2D eigenvalue weighted by Crippen LogP contribution is -2.43. The molecule has 99 heavy (non-hydrogen) atoms.